The van der Waals surface area contributed by atoms with Crippen LogP contribution in [0.2, 0.25) is 5.02 Å². The molecule has 2 aliphatic heterocycles. The molecule has 2 aromatic carbocycles. The van der Waals surface area contributed by atoms with Gasteiger partial charge in [0.25, 0.3) is 5.91 Å². The van der Waals surface area contributed by atoms with Crippen molar-refractivity contribution in [2.24, 2.45) is 11.8 Å². The molecule has 238 valence electrons. The minimum atomic E-state index is -3.91. The van der Waals surface area contributed by atoms with Crippen LogP contribution in [0.5, 0.6) is 5.75 Å². The number of aryl methyl sites for hydroxylation is 1. The van der Waals surface area contributed by atoms with E-state index in [0.717, 1.165) is 55.5 Å². The van der Waals surface area contributed by atoms with Crippen molar-refractivity contribution in [1.29, 1.82) is 0 Å². The molecular formula is C33H42ClN3O6S. The highest BCUT2D eigenvalue weighted by Gasteiger charge is 2.38. The third kappa shape index (κ3) is 7.76. The fourth-order valence-electron chi connectivity index (χ4n) is 6.19. The number of nitrogens with one attached hydrogen (secondary N) is 2. The van der Waals surface area contributed by atoms with Gasteiger partial charge in [-0.2, -0.15) is 0 Å². The molecule has 11 heteroatoms. The monoisotopic (exact) mass is 643 g/mol. The molecule has 0 saturated heterocycles. The lowest BCUT2D eigenvalue weighted by molar-refractivity contribution is -0.128. The van der Waals surface area contributed by atoms with Crippen LogP contribution < -0.4 is 19.7 Å². The van der Waals surface area contributed by atoms with Gasteiger partial charge in [-0.05, 0) is 105 Å². The lowest BCUT2D eigenvalue weighted by Crippen LogP contribution is -2.45. The fraction of sp³-hybridized carbons (Fsp3) is 0.515. The zero-order valence-corrected chi connectivity index (χ0v) is 27.0. The maximum absolute atomic E-state index is 13.3. The lowest BCUT2D eigenvalue weighted by atomic mass is 9.70. The molecule has 4 atom stereocenters. The number of anilines is 1. The lowest BCUT2D eigenvalue weighted by Gasteiger charge is -2.44. The fourth-order valence-corrected chi connectivity index (χ4v) is 7.41. The smallest absolute Gasteiger partial charge is 0.264 e. The van der Waals surface area contributed by atoms with Gasteiger partial charge in [-0.15, -0.1) is 0 Å². The minimum Gasteiger partial charge on any atom is -0.487 e. The molecule has 9 nitrogen and oxygen atoms in total. The molecule has 2 amide bonds. The van der Waals surface area contributed by atoms with Crippen molar-refractivity contribution in [3.63, 3.8) is 0 Å². The standard InChI is InChI=1S/C33H42ClN3O6S/c1-22-7-3-4-9-30(43-21-32(38)35-2)28-14-11-25(28)19-37-16-6-5-8-23-17-27(34)13-10-26(23)20-42-31-15-12-24(18-29(31)37)33(39)36-44(22,40)41/h4,9-10,12-13,15,17-18,22,25,28,30H,3,5-8,11,14,16,19-21H2,1-2H3,(H,35,38)(H,36,39)/b9-4+/t22-,25+,28-,30+/m1/s1. The summed E-state index contributed by atoms with van der Waals surface area (Å²) < 4.78 is 41.0. The van der Waals surface area contributed by atoms with E-state index in [4.69, 9.17) is 21.1 Å². The maximum atomic E-state index is 13.3. The Balaban J connectivity index is 1.51. The summed E-state index contributed by atoms with van der Waals surface area (Å²) in [6, 6.07) is 11.0. The Kier molecular flexibility index (Phi) is 10.5. The predicted octanol–water partition coefficient (Wildman–Crippen LogP) is 5.02. The zero-order chi connectivity index (χ0) is 31.3. The van der Waals surface area contributed by atoms with Crippen LogP contribution in [-0.2, 0) is 32.6 Å². The van der Waals surface area contributed by atoms with Crippen molar-refractivity contribution in [3.8, 4) is 5.75 Å². The molecule has 1 saturated carbocycles. The van der Waals surface area contributed by atoms with Gasteiger partial charge >= 0.3 is 0 Å². The number of halogens is 1. The molecule has 1 fully saturated rings. The first-order chi connectivity index (χ1) is 21.1. The van der Waals surface area contributed by atoms with Crippen LogP contribution in [-0.4, -0.2) is 58.3 Å². The predicted molar refractivity (Wildman–Crippen MR) is 172 cm³/mol. The molecule has 0 unspecified atom stereocenters. The van der Waals surface area contributed by atoms with Crippen molar-refractivity contribution < 1.29 is 27.5 Å². The summed E-state index contributed by atoms with van der Waals surface area (Å²) in [7, 11) is -2.32. The number of carbonyl (C=O) groups excluding carboxylic acids is 2. The van der Waals surface area contributed by atoms with Crippen LogP contribution in [0.25, 0.3) is 0 Å². The Morgan fingerprint density at radius 3 is 2.75 bits per heavy atom. The summed E-state index contributed by atoms with van der Waals surface area (Å²) in [6.07, 6.45) is 9.21. The van der Waals surface area contributed by atoms with Gasteiger partial charge < -0.3 is 19.7 Å². The van der Waals surface area contributed by atoms with E-state index in [2.05, 4.69) is 14.9 Å². The van der Waals surface area contributed by atoms with Crippen LogP contribution in [0.1, 0.15) is 66.9 Å². The number of fused-ring (bicyclic) bond motifs is 3. The Morgan fingerprint density at radius 1 is 1.14 bits per heavy atom. The number of hydrogen-bond donors (Lipinski definition) is 2. The third-order valence-corrected chi connectivity index (χ3v) is 11.1. The maximum Gasteiger partial charge on any atom is 0.264 e. The molecular weight excluding hydrogens is 602 g/mol. The van der Waals surface area contributed by atoms with E-state index < -0.39 is 21.2 Å². The number of hydrogen-bond acceptors (Lipinski definition) is 7. The summed E-state index contributed by atoms with van der Waals surface area (Å²) in [6.45, 7) is 3.35. The molecule has 2 bridgehead atoms. The van der Waals surface area contributed by atoms with Crippen molar-refractivity contribution in [1.82, 2.24) is 10.0 Å². The molecule has 0 radical (unpaired) electrons. The summed E-state index contributed by atoms with van der Waals surface area (Å²) in [5.41, 5.74) is 3.25. The van der Waals surface area contributed by atoms with Gasteiger partial charge in [-0.25, -0.2) is 13.1 Å². The normalized spacial score (nSPS) is 26.3. The number of rotatable bonds is 3. The molecule has 2 N–H and O–H groups in total. The van der Waals surface area contributed by atoms with Gasteiger partial charge in [-0.1, -0.05) is 29.8 Å². The first-order valence-corrected chi connectivity index (χ1v) is 17.4. The number of sulfonamides is 1. The number of benzene rings is 2. The van der Waals surface area contributed by atoms with Gasteiger partial charge in [0, 0.05) is 30.7 Å². The van der Waals surface area contributed by atoms with E-state index in [-0.39, 0.29) is 30.1 Å². The van der Waals surface area contributed by atoms with Crippen molar-refractivity contribution in [2.45, 2.75) is 69.8 Å². The average molecular weight is 644 g/mol. The van der Waals surface area contributed by atoms with E-state index in [1.165, 1.54) is 0 Å². The number of amides is 2. The highest BCUT2D eigenvalue weighted by Crippen LogP contribution is 2.42. The van der Waals surface area contributed by atoms with Crippen LogP contribution >= 0.6 is 11.6 Å². The molecule has 2 heterocycles. The molecule has 5 rings (SSSR count). The second-order valence-corrected chi connectivity index (χ2v) is 14.6. The molecule has 44 heavy (non-hydrogen) atoms. The largest absolute Gasteiger partial charge is 0.487 e. The van der Waals surface area contributed by atoms with Gasteiger partial charge in [0.2, 0.25) is 15.9 Å². The van der Waals surface area contributed by atoms with Crippen molar-refractivity contribution >= 4 is 39.1 Å². The SMILES string of the molecule is CNC(=O)CO[C@H]1/C=C/CC[C@@H](C)S(=O)(=O)NC(=O)c2ccc3c(c2)N(CCCCc2cc(Cl)ccc2CO3)C[C@@H]2CC[C@H]21. The molecule has 0 aromatic heterocycles. The van der Waals surface area contributed by atoms with E-state index >= 15 is 0 Å². The Morgan fingerprint density at radius 2 is 1.98 bits per heavy atom. The molecule has 0 spiro atoms. The summed E-state index contributed by atoms with van der Waals surface area (Å²) in [5.74, 6) is 0.286. The third-order valence-electron chi connectivity index (χ3n) is 9.11. The van der Waals surface area contributed by atoms with Gasteiger partial charge in [0.15, 0.2) is 0 Å². The number of carbonyl (C=O) groups is 2. The highest BCUT2D eigenvalue weighted by atomic mass is 35.5. The average Bonchev–Trinajstić information content (AvgIpc) is 3.02. The van der Waals surface area contributed by atoms with E-state index in [9.17, 15) is 18.0 Å². The Bertz CT molecular complexity index is 1500. The van der Waals surface area contributed by atoms with Crippen LogP contribution in [0.4, 0.5) is 5.69 Å². The van der Waals surface area contributed by atoms with Crippen molar-refractivity contribution in [3.05, 3.63) is 70.3 Å². The van der Waals surface area contributed by atoms with E-state index in [0.29, 0.717) is 42.7 Å². The number of nitrogens with zero attached hydrogens (tertiary/aromatic N) is 1. The number of ether oxygens (including phenoxy) is 2. The van der Waals surface area contributed by atoms with E-state index in [1.807, 2.05) is 30.4 Å². The number of allylic oxidation sites excluding steroid dienone is 1. The second kappa shape index (κ2) is 14.3. The van der Waals surface area contributed by atoms with Gasteiger partial charge in [0.05, 0.1) is 17.0 Å². The Hall–Kier alpha value is -3.08. The molecule has 2 aromatic rings. The first-order valence-electron chi connectivity index (χ1n) is 15.5. The van der Waals surface area contributed by atoms with Gasteiger partial charge in [0.1, 0.15) is 19.0 Å². The van der Waals surface area contributed by atoms with Crippen LogP contribution in [0, 0.1) is 11.8 Å². The highest BCUT2D eigenvalue weighted by molar-refractivity contribution is 7.90. The minimum absolute atomic E-state index is 0.0418. The zero-order valence-electron chi connectivity index (χ0n) is 25.4. The molecule has 1 aliphatic carbocycles. The van der Waals surface area contributed by atoms with Crippen LogP contribution in [0.3, 0.4) is 0 Å². The second-order valence-electron chi connectivity index (χ2n) is 12.0. The van der Waals surface area contributed by atoms with Gasteiger partial charge in [-0.3, -0.25) is 9.59 Å². The number of likely N-dealkylation sites (N-methyl/N-ethyl adjacent to an activating group) is 1. The first kappa shape index (κ1) is 32.3. The summed E-state index contributed by atoms with van der Waals surface area (Å²) >= 11 is 6.32. The molecule has 3 aliphatic rings. The summed E-state index contributed by atoms with van der Waals surface area (Å²) in [5, 5.41) is 2.54. The Labute approximate surface area is 265 Å². The van der Waals surface area contributed by atoms with E-state index in [1.54, 1.807) is 32.2 Å². The topological polar surface area (TPSA) is 114 Å². The summed E-state index contributed by atoms with van der Waals surface area (Å²) in [4.78, 5) is 27.6. The quantitative estimate of drug-likeness (QED) is 0.452. The van der Waals surface area contributed by atoms with Crippen LogP contribution in [0.15, 0.2) is 48.6 Å². The van der Waals surface area contributed by atoms with Crippen molar-refractivity contribution in [2.75, 3.05) is 31.6 Å².